The van der Waals surface area contributed by atoms with E-state index >= 15 is 0 Å². The predicted octanol–water partition coefficient (Wildman–Crippen LogP) is 3.58. The van der Waals surface area contributed by atoms with Crippen LogP contribution in [0.3, 0.4) is 0 Å². The largest absolute Gasteiger partial charge is 0.458 e. The first-order valence-electron chi connectivity index (χ1n) is 6.28. The van der Waals surface area contributed by atoms with Crippen LogP contribution in [0.1, 0.15) is 38.2 Å². The number of carbonyl (C=O) groups excluding carboxylic acids is 1. The smallest absolute Gasteiger partial charge is 0.338 e. The maximum atomic E-state index is 11.9. The van der Waals surface area contributed by atoms with Crippen LogP contribution in [-0.4, -0.2) is 12.1 Å². The van der Waals surface area contributed by atoms with Crippen molar-refractivity contribution in [3.63, 3.8) is 0 Å². The number of hydrogen-bond acceptors (Lipinski definition) is 2. The zero-order valence-corrected chi connectivity index (χ0v) is 10.2. The molecule has 0 fully saturated rings. The van der Waals surface area contributed by atoms with E-state index in [1.807, 2.05) is 36.4 Å². The van der Waals surface area contributed by atoms with E-state index in [-0.39, 0.29) is 12.1 Å². The Kier molecular flexibility index (Phi) is 3.97. The molecule has 1 unspecified atom stereocenters. The molecule has 0 spiro atoms. The summed E-state index contributed by atoms with van der Waals surface area (Å²) < 4.78 is 5.45. The van der Waals surface area contributed by atoms with E-state index in [1.165, 1.54) is 0 Å². The van der Waals surface area contributed by atoms with Crippen LogP contribution >= 0.6 is 0 Å². The number of ether oxygens (including phenoxy) is 1. The van der Waals surface area contributed by atoms with E-state index in [1.54, 1.807) is 0 Å². The summed E-state index contributed by atoms with van der Waals surface area (Å²) >= 11 is 0. The maximum Gasteiger partial charge on any atom is 0.338 e. The third-order valence-corrected chi connectivity index (χ3v) is 3.04. The van der Waals surface area contributed by atoms with Gasteiger partial charge in [0.05, 0.1) is 5.57 Å². The minimum atomic E-state index is -0.177. The second kappa shape index (κ2) is 5.67. The van der Waals surface area contributed by atoms with Gasteiger partial charge in [-0.05, 0) is 12.0 Å². The minimum absolute atomic E-state index is 0.0786. The Hall–Kier alpha value is -1.57. The first kappa shape index (κ1) is 11.9. The summed E-state index contributed by atoms with van der Waals surface area (Å²) in [6, 6.07) is 9.71. The van der Waals surface area contributed by atoms with Crippen molar-refractivity contribution in [2.24, 2.45) is 0 Å². The molecule has 0 saturated carbocycles. The fraction of sp³-hybridized carbons (Fsp3) is 0.400. The fourth-order valence-corrected chi connectivity index (χ4v) is 2.06. The molecule has 17 heavy (non-hydrogen) atoms. The summed E-state index contributed by atoms with van der Waals surface area (Å²) in [5.74, 6) is -0.177. The zero-order chi connectivity index (χ0) is 12.1. The van der Waals surface area contributed by atoms with Gasteiger partial charge in [0, 0.05) is 6.42 Å². The lowest BCUT2D eigenvalue weighted by Crippen LogP contribution is -2.23. The van der Waals surface area contributed by atoms with Gasteiger partial charge in [-0.25, -0.2) is 4.79 Å². The van der Waals surface area contributed by atoms with Crippen LogP contribution in [0.25, 0.3) is 5.57 Å². The highest BCUT2D eigenvalue weighted by atomic mass is 16.5. The average Bonchev–Trinajstić information content (AvgIpc) is 2.37. The van der Waals surface area contributed by atoms with Crippen molar-refractivity contribution in [3.05, 3.63) is 42.0 Å². The minimum Gasteiger partial charge on any atom is -0.458 e. The van der Waals surface area contributed by atoms with Crippen LogP contribution in [0.4, 0.5) is 0 Å². The van der Waals surface area contributed by atoms with Gasteiger partial charge in [0.1, 0.15) is 6.10 Å². The molecule has 1 aliphatic rings. The van der Waals surface area contributed by atoms with E-state index in [2.05, 4.69) is 6.92 Å². The molecule has 1 aromatic rings. The Morgan fingerprint density at radius 3 is 2.71 bits per heavy atom. The normalized spacial score (nSPS) is 19.7. The molecule has 0 bridgehead atoms. The maximum absolute atomic E-state index is 11.9. The molecule has 1 atom stereocenters. The second-order valence-electron chi connectivity index (χ2n) is 4.39. The molecule has 0 radical (unpaired) electrons. The molecule has 1 aromatic carbocycles. The summed E-state index contributed by atoms with van der Waals surface area (Å²) in [5.41, 5.74) is 1.66. The number of benzene rings is 1. The van der Waals surface area contributed by atoms with Crippen LogP contribution in [0, 0.1) is 0 Å². The van der Waals surface area contributed by atoms with Gasteiger partial charge in [-0.15, -0.1) is 0 Å². The summed E-state index contributed by atoms with van der Waals surface area (Å²) in [5, 5.41) is 0. The standard InChI is InChI=1S/C15H18O2/c1-2-3-9-13-10-11-14(15(16)17-13)12-7-5-4-6-8-12/h4-8,11,13H,2-3,9-10H2,1H3. The number of hydrogen-bond donors (Lipinski definition) is 0. The Morgan fingerprint density at radius 2 is 2.06 bits per heavy atom. The Labute approximate surface area is 102 Å². The highest BCUT2D eigenvalue weighted by Crippen LogP contribution is 2.25. The van der Waals surface area contributed by atoms with Crippen LogP contribution < -0.4 is 0 Å². The molecule has 90 valence electrons. The van der Waals surface area contributed by atoms with Crippen molar-refractivity contribution in [2.45, 2.75) is 38.7 Å². The molecule has 0 N–H and O–H groups in total. The Bertz CT molecular complexity index is 406. The number of rotatable bonds is 4. The number of esters is 1. The molecular weight excluding hydrogens is 212 g/mol. The molecule has 2 nitrogen and oxygen atoms in total. The zero-order valence-electron chi connectivity index (χ0n) is 10.2. The van der Waals surface area contributed by atoms with Crippen molar-refractivity contribution in [3.8, 4) is 0 Å². The molecule has 1 heterocycles. The Morgan fingerprint density at radius 1 is 1.29 bits per heavy atom. The monoisotopic (exact) mass is 230 g/mol. The molecule has 2 heteroatoms. The molecule has 0 aromatic heterocycles. The fourth-order valence-electron chi connectivity index (χ4n) is 2.06. The summed E-state index contributed by atoms with van der Waals surface area (Å²) in [6.45, 7) is 2.15. The highest BCUT2D eigenvalue weighted by Gasteiger charge is 2.23. The van der Waals surface area contributed by atoms with Gasteiger partial charge in [-0.3, -0.25) is 0 Å². The molecule has 0 aliphatic carbocycles. The van der Waals surface area contributed by atoms with E-state index in [0.29, 0.717) is 5.57 Å². The van der Waals surface area contributed by atoms with Crippen molar-refractivity contribution in [2.75, 3.05) is 0 Å². The summed E-state index contributed by atoms with van der Waals surface area (Å²) in [4.78, 5) is 11.9. The number of cyclic esters (lactones) is 1. The van der Waals surface area contributed by atoms with E-state index in [9.17, 15) is 4.79 Å². The first-order chi connectivity index (χ1) is 8.31. The van der Waals surface area contributed by atoms with Gasteiger partial charge in [-0.1, -0.05) is 56.2 Å². The third-order valence-electron chi connectivity index (χ3n) is 3.04. The molecule has 2 rings (SSSR count). The lowest BCUT2D eigenvalue weighted by atomic mass is 9.99. The van der Waals surface area contributed by atoms with Crippen molar-refractivity contribution < 1.29 is 9.53 Å². The number of unbranched alkanes of at least 4 members (excludes halogenated alkanes) is 1. The molecule has 0 amide bonds. The average molecular weight is 230 g/mol. The third kappa shape index (κ3) is 2.96. The molecule has 1 aliphatic heterocycles. The SMILES string of the molecule is CCCCC1CC=C(c2ccccc2)C(=O)O1. The van der Waals surface area contributed by atoms with Crippen molar-refractivity contribution in [1.29, 1.82) is 0 Å². The van der Waals surface area contributed by atoms with Gasteiger partial charge in [0.15, 0.2) is 0 Å². The Balaban J connectivity index is 2.07. The van der Waals surface area contributed by atoms with Gasteiger partial charge >= 0.3 is 5.97 Å². The lowest BCUT2D eigenvalue weighted by molar-refractivity contribution is -0.143. The van der Waals surface area contributed by atoms with Crippen molar-refractivity contribution >= 4 is 11.5 Å². The predicted molar refractivity (Wildman–Crippen MR) is 68.4 cm³/mol. The van der Waals surface area contributed by atoms with E-state index in [0.717, 1.165) is 31.2 Å². The second-order valence-corrected chi connectivity index (χ2v) is 4.39. The van der Waals surface area contributed by atoms with Gasteiger partial charge in [-0.2, -0.15) is 0 Å². The van der Waals surface area contributed by atoms with Gasteiger partial charge in [0.2, 0.25) is 0 Å². The quantitative estimate of drug-likeness (QED) is 0.739. The first-order valence-corrected chi connectivity index (χ1v) is 6.28. The summed E-state index contributed by atoms with van der Waals surface area (Å²) in [6.07, 6.45) is 6.17. The van der Waals surface area contributed by atoms with Gasteiger partial charge < -0.3 is 4.74 Å². The van der Waals surface area contributed by atoms with Crippen LogP contribution in [0.2, 0.25) is 0 Å². The lowest BCUT2D eigenvalue weighted by Gasteiger charge is -2.22. The van der Waals surface area contributed by atoms with E-state index in [4.69, 9.17) is 4.74 Å². The van der Waals surface area contributed by atoms with Gasteiger partial charge in [0.25, 0.3) is 0 Å². The van der Waals surface area contributed by atoms with Crippen LogP contribution in [-0.2, 0) is 9.53 Å². The topological polar surface area (TPSA) is 26.3 Å². The number of carbonyl (C=O) groups is 1. The molecular formula is C15H18O2. The van der Waals surface area contributed by atoms with Crippen LogP contribution in [0.5, 0.6) is 0 Å². The highest BCUT2D eigenvalue weighted by molar-refractivity contribution is 6.17. The van der Waals surface area contributed by atoms with Crippen LogP contribution in [0.15, 0.2) is 36.4 Å². The van der Waals surface area contributed by atoms with E-state index < -0.39 is 0 Å². The summed E-state index contributed by atoms with van der Waals surface area (Å²) in [7, 11) is 0. The van der Waals surface area contributed by atoms with Crippen molar-refractivity contribution in [1.82, 2.24) is 0 Å². The molecule has 0 saturated heterocycles.